The Morgan fingerprint density at radius 2 is 1.90 bits per heavy atom. The standard InChI is InChI=1S/C11H16N4O5/c1-4(2)3-5(10(18)19)13-9(17)7-6(12)8(16)15-11(20)14-7/h4-5H,3,12H2,1-2H3,(H,13,17)(H,18,19)(H2,14,15,16,20)/t5-/m0/s1. The molecule has 1 aromatic heterocycles. The first-order chi connectivity index (χ1) is 9.22. The largest absolute Gasteiger partial charge is 0.480 e. The minimum atomic E-state index is -1.21. The highest BCUT2D eigenvalue weighted by atomic mass is 16.4. The van der Waals surface area contributed by atoms with Crippen molar-refractivity contribution in [3.8, 4) is 0 Å². The van der Waals surface area contributed by atoms with Crippen molar-refractivity contribution >= 4 is 17.6 Å². The third-order valence-corrected chi connectivity index (χ3v) is 2.52. The van der Waals surface area contributed by atoms with Crippen LogP contribution in [0, 0.1) is 5.92 Å². The van der Waals surface area contributed by atoms with Crippen molar-refractivity contribution in [2.45, 2.75) is 26.3 Å². The van der Waals surface area contributed by atoms with E-state index in [1.165, 1.54) is 0 Å². The van der Waals surface area contributed by atoms with E-state index in [1.54, 1.807) is 13.8 Å². The summed E-state index contributed by atoms with van der Waals surface area (Å²) in [7, 11) is 0. The van der Waals surface area contributed by atoms with Gasteiger partial charge in [-0.25, -0.2) is 9.59 Å². The van der Waals surface area contributed by atoms with E-state index in [2.05, 4.69) is 10.3 Å². The SMILES string of the molecule is CC(C)C[C@H](NC(=O)c1[nH]c(=O)[nH]c(=O)c1N)C(=O)O. The lowest BCUT2D eigenvalue weighted by atomic mass is 10.0. The maximum atomic E-state index is 11.9. The number of hydrogen-bond donors (Lipinski definition) is 5. The molecule has 0 saturated heterocycles. The number of carboxylic acid groups (broad SMARTS) is 1. The zero-order valence-corrected chi connectivity index (χ0v) is 11.0. The second-order valence-electron chi connectivity index (χ2n) is 4.69. The van der Waals surface area contributed by atoms with Crippen LogP contribution in [0.3, 0.4) is 0 Å². The number of hydrogen-bond acceptors (Lipinski definition) is 5. The van der Waals surface area contributed by atoms with Crippen LogP contribution < -0.4 is 22.3 Å². The summed E-state index contributed by atoms with van der Waals surface area (Å²) in [5.74, 6) is -2.09. The number of aromatic nitrogens is 2. The van der Waals surface area contributed by atoms with Crippen molar-refractivity contribution < 1.29 is 14.7 Å². The lowest BCUT2D eigenvalue weighted by molar-refractivity contribution is -0.139. The van der Waals surface area contributed by atoms with Crippen molar-refractivity contribution in [1.29, 1.82) is 0 Å². The zero-order valence-electron chi connectivity index (χ0n) is 11.0. The van der Waals surface area contributed by atoms with Crippen LogP contribution >= 0.6 is 0 Å². The molecule has 1 amide bonds. The number of nitrogens with one attached hydrogen (secondary N) is 3. The van der Waals surface area contributed by atoms with E-state index in [4.69, 9.17) is 10.8 Å². The number of carboxylic acids is 1. The molecule has 20 heavy (non-hydrogen) atoms. The molecule has 0 saturated carbocycles. The number of nitrogen functional groups attached to an aromatic ring is 1. The fourth-order valence-corrected chi connectivity index (χ4v) is 1.60. The predicted molar refractivity (Wildman–Crippen MR) is 70.4 cm³/mol. The van der Waals surface area contributed by atoms with Gasteiger partial charge in [0.1, 0.15) is 17.4 Å². The van der Waals surface area contributed by atoms with E-state index in [0.29, 0.717) is 0 Å². The van der Waals surface area contributed by atoms with Crippen LogP contribution in [-0.2, 0) is 4.79 Å². The number of carbonyl (C=O) groups is 2. The van der Waals surface area contributed by atoms with Gasteiger partial charge in [0, 0.05) is 0 Å². The van der Waals surface area contributed by atoms with Gasteiger partial charge in [-0.15, -0.1) is 0 Å². The van der Waals surface area contributed by atoms with E-state index < -0.39 is 40.5 Å². The molecule has 0 aliphatic carbocycles. The van der Waals surface area contributed by atoms with Gasteiger partial charge in [0.25, 0.3) is 11.5 Å². The van der Waals surface area contributed by atoms with Gasteiger partial charge in [0.05, 0.1) is 0 Å². The second-order valence-corrected chi connectivity index (χ2v) is 4.69. The Morgan fingerprint density at radius 1 is 1.30 bits per heavy atom. The number of H-pyrrole nitrogens is 2. The van der Waals surface area contributed by atoms with Gasteiger partial charge in [-0.1, -0.05) is 13.8 Å². The fourth-order valence-electron chi connectivity index (χ4n) is 1.60. The van der Waals surface area contributed by atoms with E-state index >= 15 is 0 Å². The van der Waals surface area contributed by atoms with Crippen LogP contribution in [0.4, 0.5) is 5.69 Å². The first kappa shape index (κ1) is 15.5. The van der Waals surface area contributed by atoms with Crippen LogP contribution in [0.25, 0.3) is 0 Å². The molecule has 9 nitrogen and oxygen atoms in total. The second kappa shape index (κ2) is 6.04. The maximum absolute atomic E-state index is 11.9. The smallest absolute Gasteiger partial charge is 0.326 e. The maximum Gasteiger partial charge on any atom is 0.326 e. The lowest BCUT2D eigenvalue weighted by Gasteiger charge is -2.16. The number of anilines is 1. The van der Waals surface area contributed by atoms with Crippen molar-refractivity contribution in [1.82, 2.24) is 15.3 Å². The molecule has 0 radical (unpaired) electrons. The van der Waals surface area contributed by atoms with Crippen LogP contribution in [0.2, 0.25) is 0 Å². The first-order valence-corrected chi connectivity index (χ1v) is 5.88. The van der Waals surface area contributed by atoms with E-state index in [9.17, 15) is 19.2 Å². The van der Waals surface area contributed by atoms with Crippen molar-refractivity contribution in [3.63, 3.8) is 0 Å². The van der Waals surface area contributed by atoms with Gasteiger partial charge in [-0.2, -0.15) is 0 Å². The highest BCUT2D eigenvalue weighted by Gasteiger charge is 2.23. The van der Waals surface area contributed by atoms with Crippen LogP contribution in [0.1, 0.15) is 30.8 Å². The average Bonchev–Trinajstić information content (AvgIpc) is 2.32. The van der Waals surface area contributed by atoms with Gasteiger partial charge in [0.15, 0.2) is 0 Å². The molecule has 1 atom stereocenters. The van der Waals surface area contributed by atoms with Crippen molar-refractivity contribution in [2.24, 2.45) is 5.92 Å². The minimum absolute atomic E-state index is 0.0342. The molecule has 110 valence electrons. The Labute approximate surface area is 113 Å². The molecule has 0 unspecified atom stereocenters. The summed E-state index contributed by atoms with van der Waals surface area (Å²) in [5, 5.41) is 11.2. The molecule has 9 heteroatoms. The van der Waals surface area contributed by atoms with Crippen LogP contribution in [0.5, 0.6) is 0 Å². The molecule has 1 rings (SSSR count). The molecular formula is C11H16N4O5. The predicted octanol–water partition coefficient (Wildman–Crippen LogP) is -1.13. The lowest BCUT2D eigenvalue weighted by Crippen LogP contribution is -2.43. The van der Waals surface area contributed by atoms with E-state index in [1.807, 2.05) is 4.98 Å². The molecule has 0 bridgehead atoms. The van der Waals surface area contributed by atoms with E-state index in [-0.39, 0.29) is 12.3 Å². The Hall–Kier alpha value is -2.58. The first-order valence-electron chi connectivity index (χ1n) is 5.88. The summed E-state index contributed by atoms with van der Waals surface area (Å²) >= 11 is 0. The highest BCUT2D eigenvalue weighted by molar-refractivity contribution is 5.98. The highest BCUT2D eigenvalue weighted by Crippen LogP contribution is 2.07. The summed E-state index contributed by atoms with van der Waals surface area (Å²) in [4.78, 5) is 49.2. The molecule has 0 aliphatic heterocycles. The third-order valence-electron chi connectivity index (χ3n) is 2.52. The summed E-state index contributed by atoms with van der Waals surface area (Å²) in [6, 6.07) is -1.13. The Balaban J connectivity index is 3.04. The molecule has 0 spiro atoms. The molecule has 1 heterocycles. The summed E-state index contributed by atoms with van der Waals surface area (Å²) < 4.78 is 0. The average molecular weight is 284 g/mol. The van der Waals surface area contributed by atoms with Crippen LogP contribution in [0.15, 0.2) is 9.59 Å². The summed E-state index contributed by atoms with van der Waals surface area (Å²) in [6.07, 6.45) is 0.203. The number of carbonyl (C=O) groups excluding carboxylic acids is 1. The van der Waals surface area contributed by atoms with Gasteiger partial charge in [-0.3, -0.25) is 14.6 Å². The number of amides is 1. The monoisotopic (exact) mass is 284 g/mol. The van der Waals surface area contributed by atoms with Crippen LogP contribution in [-0.4, -0.2) is 33.0 Å². The van der Waals surface area contributed by atoms with Gasteiger partial charge in [0.2, 0.25) is 0 Å². The molecule has 6 N–H and O–H groups in total. The minimum Gasteiger partial charge on any atom is -0.480 e. The Morgan fingerprint density at radius 3 is 2.40 bits per heavy atom. The van der Waals surface area contributed by atoms with Gasteiger partial charge in [-0.05, 0) is 12.3 Å². The Bertz CT molecular complexity index is 630. The Kier molecular flexibility index (Phi) is 4.68. The van der Waals surface area contributed by atoms with E-state index in [0.717, 1.165) is 0 Å². The normalized spacial score (nSPS) is 12.2. The zero-order chi connectivity index (χ0) is 15.4. The third kappa shape index (κ3) is 3.70. The summed E-state index contributed by atoms with van der Waals surface area (Å²) in [5.41, 5.74) is 2.65. The summed E-state index contributed by atoms with van der Waals surface area (Å²) in [6.45, 7) is 3.59. The quantitative estimate of drug-likeness (QED) is 0.460. The van der Waals surface area contributed by atoms with Crippen molar-refractivity contribution in [2.75, 3.05) is 5.73 Å². The molecule has 0 aliphatic rings. The van der Waals surface area contributed by atoms with Crippen molar-refractivity contribution in [3.05, 3.63) is 26.5 Å². The number of aromatic amines is 2. The fraction of sp³-hybridized carbons (Fsp3) is 0.455. The topological polar surface area (TPSA) is 158 Å². The molecule has 0 aromatic carbocycles. The van der Waals surface area contributed by atoms with Gasteiger partial charge >= 0.3 is 11.7 Å². The number of nitrogens with two attached hydrogens (primary N) is 1. The molecule has 0 fully saturated rings. The molecule has 1 aromatic rings. The number of rotatable bonds is 5. The van der Waals surface area contributed by atoms with Gasteiger partial charge < -0.3 is 21.1 Å². The number of aliphatic carboxylic acids is 1. The molecular weight excluding hydrogens is 268 g/mol.